The summed E-state index contributed by atoms with van der Waals surface area (Å²) in [5.41, 5.74) is 1.29. The van der Waals surface area contributed by atoms with Crippen LogP contribution in [0.15, 0.2) is 24.3 Å². The van der Waals surface area contributed by atoms with E-state index in [0.29, 0.717) is 12.1 Å². The van der Waals surface area contributed by atoms with E-state index in [0.717, 1.165) is 5.56 Å². The Balaban J connectivity index is 2.69. The summed E-state index contributed by atoms with van der Waals surface area (Å²) >= 11 is 0. The number of nitrogens with one attached hydrogen (secondary N) is 1. The van der Waals surface area contributed by atoms with Gasteiger partial charge < -0.3 is 15.3 Å². The number of rotatable bonds is 6. The number of hydrogen-bond acceptors (Lipinski definition) is 3. The maximum Gasteiger partial charge on any atom is 0.325 e. The minimum Gasteiger partial charge on any atom is -0.480 e. The predicted octanol–water partition coefficient (Wildman–Crippen LogP) is 1.50. The van der Waals surface area contributed by atoms with Crippen molar-refractivity contribution >= 4 is 17.8 Å². The molecule has 0 radical (unpaired) electrons. The Morgan fingerprint density at radius 2 is 1.68 bits per heavy atom. The van der Waals surface area contributed by atoms with Crippen LogP contribution in [0.2, 0.25) is 0 Å². The van der Waals surface area contributed by atoms with E-state index in [1.54, 1.807) is 36.2 Å². The molecule has 0 heterocycles. The van der Waals surface area contributed by atoms with Gasteiger partial charge in [0.05, 0.1) is 0 Å². The average Bonchev–Trinajstić information content (AvgIpc) is 2.46. The van der Waals surface area contributed by atoms with Crippen LogP contribution in [0.25, 0.3) is 0 Å². The van der Waals surface area contributed by atoms with Gasteiger partial charge in [-0.05, 0) is 24.6 Å². The molecule has 1 rings (SSSR count). The highest BCUT2D eigenvalue weighted by Crippen LogP contribution is 2.09. The summed E-state index contributed by atoms with van der Waals surface area (Å²) in [4.78, 5) is 36.0. The standard InChI is InChI=1S/C16H22N2O4/c1-10(2)15(20)18(4)9-12-5-7-13(8-6-12)14(19)17-11(3)16(21)22/h5-8,10-11H,9H2,1-4H3,(H,17,19)(H,21,22)/t11-/m0/s1. The highest BCUT2D eigenvalue weighted by Gasteiger charge is 2.16. The lowest BCUT2D eigenvalue weighted by atomic mass is 10.1. The number of carbonyl (C=O) groups is 3. The predicted molar refractivity (Wildman–Crippen MR) is 82.3 cm³/mol. The summed E-state index contributed by atoms with van der Waals surface area (Å²) in [7, 11) is 1.73. The van der Waals surface area contributed by atoms with Gasteiger partial charge in [0.2, 0.25) is 5.91 Å². The third kappa shape index (κ3) is 4.87. The molecule has 0 bridgehead atoms. The Labute approximate surface area is 130 Å². The third-order valence-electron chi connectivity index (χ3n) is 3.22. The molecule has 2 amide bonds. The van der Waals surface area contributed by atoms with Gasteiger partial charge in [0, 0.05) is 25.1 Å². The Morgan fingerprint density at radius 3 is 2.14 bits per heavy atom. The van der Waals surface area contributed by atoms with Crippen molar-refractivity contribution in [3.05, 3.63) is 35.4 Å². The molecule has 0 aromatic heterocycles. The van der Waals surface area contributed by atoms with Crippen molar-refractivity contribution in [1.29, 1.82) is 0 Å². The molecule has 0 unspecified atom stereocenters. The zero-order valence-electron chi connectivity index (χ0n) is 13.3. The van der Waals surface area contributed by atoms with Gasteiger partial charge in [0.15, 0.2) is 0 Å². The number of nitrogens with zero attached hydrogens (tertiary/aromatic N) is 1. The molecule has 1 aromatic rings. The summed E-state index contributed by atoms with van der Waals surface area (Å²) in [5, 5.41) is 11.2. The summed E-state index contributed by atoms with van der Waals surface area (Å²) in [6, 6.07) is 5.80. The van der Waals surface area contributed by atoms with Crippen molar-refractivity contribution in [3.63, 3.8) is 0 Å². The molecule has 120 valence electrons. The van der Waals surface area contributed by atoms with Gasteiger partial charge >= 0.3 is 5.97 Å². The molecular weight excluding hydrogens is 284 g/mol. The van der Waals surface area contributed by atoms with Gasteiger partial charge in [-0.15, -0.1) is 0 Å². The van der Waals surface area contributed by atoms with Crippen LogP contribution in [-0.2, 0) is 16.1 Å². The van der Waals surface area contributed by atoms with E-state index in [-0.39, 0.29) is 11.8 Å². The number of carboxylic acid groups (broad SMARTS) is 1. The third-order valence-corrected chi connectivity index (χ3v) is 3.22. The lowest BCUT2D eigenvalue weighted by molar-refractivity contribution is -0.138. The maximum atomic E-state index is 11.9. The van der Waals surface area contributed by atoms with Crippen molar-refractivity contribution in [1.82, 2.24) is 10.2 Å². The summed E-state index contributed by atoms with van der Waals surface area (Å²) in [6.07, 6.45) is 0. The van der Waals surface area contributed by atoms with Crippen LogP contribution in [0.3, 0.4) is 0 Å². The van der Waals surface area contributed by atoms with E-state index < -0.39 is 17.9 Å². The van der Waals surface area contributed by atoms with E-state index in [1.165, 1.54) is 6.92 Å². The van der Waals surface area contributed by atoms with Crippen molar-refractivity contribution in [3.8, 4) is 0 Å². The number of hydrogen-bond donors (Lipinski definition) is 2. The molecule has 1 aromatic carbocycles. The zero-order valence-corrected chi connectivity index (χ0v) is 13.3. The lowest BCUT2D eigenvalue weighted by Gasteiger charge is -2.19. The molecule has 0 aliphatic rings. The first-order chi connectivity index (χ1) is 10.2. The Hall–Kier alpha value is -2.37. The summed E-state index contributed by atoms with van der Waals surface area (Å²) in [5.74, 6) is -1.53. The Morgan fingerprint density at radius 1 is 1.14 bits per heavy atom. The van der Waals surface area contributed by atoms with E-state index in [9.17, 15) is 14.4 Å². The van der Waals surface area contributed by atoms with Gasteiger partial charge in [-0.25, -0.2) is 0 Å². The fourth-order valence-corrected chi connectivity index (χ4v) is 1.90. The van der Waals surface area contributed by atoms with E-state index in [2.05, 4.69) is 5.32 Å². The monoisotopic (exact) mass is 306 g/mol. The second-order valence-electron chi connectivity index (χ2n) is 5.58. The van der Waals surface area contributed by atoms with E-state index in [1.807, 2.05) is 13.8 Å². The lowest BCUT2D eigenvalue weighted by Crippen LogP contribution is -2.38. The minimum absolute atomic E-state index is 0.0529. The molecule has 1 atom stereocenters. The molecule has 0 aliphatic carbocycles. The second-order valence-corrected chi connectivity index (χ2v) is 5.58. The van der Waals surface area contributed by atoms with Crippen LogP contribution in [0.5, 0.6) is 0 Å². The highest BCUT2D eigenvalue weighted by molar-refractivity contribution is 5.96. The Bertz CT molecular complexity index is 552. The maximum absolute atomic E-state index is 11.9. The summed E-state index contributed by atoms with van der Waals surface area (Å²) in [6.45, 7) is 5.55. The van der Waals surface area contributed by atoms with Crippen LogP contribution in [-0.4, -0.2) is 40.9 Å². The number of carboxylic acids is 1. The zero-order chi connectivity index (χ0) is 16.9. The normalized spacial score (nSPS) is 11.9. The molecule has 0 aliphatic heterocycles. The van der Waals surface area contributed by atoms with E-state index >= 15 is 0 Å². The fraction of sp³-hybridized carbons (Fsp3) is 0.438. The topological polar surface area (TPSA) is 86.7 Å². The van der Waals surface area contributed by atoms with Crippen molar-refractivity contribution in [2.45, 2.75) is 33.4 Å². The molecule has 22 heavy (non-hydrogen) atoms. The molecule has 0 saturated heterocycles. The highest BCUT2D eigenvalue weighted by atomic mass is 16.4. The first kappa shape index (κ1) is 17.7. The average molecular weight is 306 g/mol. The summed E-state index contributed by atoms with van der Waals surface area (Å²) < 4.78 is 0. The molecular formula is C16H22N2O4. The fourth-order valence-electron chi connectivity index (χ4n) is 1.90. The van der Waals surface area contributed by atoms with Crippen LogP contribution in [0.4, 0.5) is 0 Å². The first-order valence-electron chi connectivity index (χ1n) is 7.10. The Kier molecular flexibility index (Phi) is 6.10. The number of aliphatic carboxylic acids is 1. The van der Waals surface area contributed by atoms with Crippen LogP contribution >= 0.6 is 0 Å². The van der Waals surface area contributed by atoms with Gasteiger partial charge in [0.25, 0.3) is 5.91 Å². The van der Waals surface area contributed by atoms with E-state index in [4.69, 9.17) is 5.11 Å². The van der Waals surface area contributed by atoms with Crippen LogP contribution in [0.1, 0.15) is 36.7 Å². The van der Waals surface area contributed by atoms with Gasteiger partial charge in [0.1, 0.15) is 6.04 Å². The molecule has 0 fully saturated rings. The van der Waals surface area contributed by atoms with Crippen LogP contribution in [0, 0.1) is 5.92 Å². The van der Waals surface area contributed by atoms with Crippen LogP contribution < -0.4 is 5.32 Å². The smallest absolute Gasteiger partial charge is 0.325 e. The molecule has 2 N–H and O–H groups in total. The van der Waals surface area contributed by atoms with Crippen molar-refractivity contribution in [2.75, 3.05) is 7.05 Å². The largest absolute Gasteiger partial charge is 0.480 e. The molecule has 0 spiro atoms. The molecule has 0 saturated carbocycles. The van der Waals surface area contributed by atoms with Gasteiger partial charge in [-0.1, -0.05) is 26.0 Å². The number of benzene rings is 1. The molecule has 6 nitrogen and oxygen atoms in total. The SMILES string of the molecule is CC(C)C(=O)N(C)Cc1ccc(C(=O)N[C@@H](C)C(=O)O)cc1. The quantitative estimate of drug-likeness (QED) is 0.834. The molecule has 6 heteroatoms. The minimum atomic E-state index is -1.08. The number of amides is 2. The van der Waals surface area contributed by atoms with Crippen molar-refractivity contribution < 1.29 is 19.5 Å². The van der Waals surface area contributed by atoms with Gasteiger partial charge in [-0.2, -0.15) is 0 Å². The van der Waals surface area contributed by atoms with Crippen molar-refractivity contribution in [2.24, 2.45) is 5.92 Å². The van der Waals surface area contributed by atoms with Gasteiger partial charge in [-0.3, -0.25) is 14.4 Å². The number of carbonyl (C=O) groups excluding carboxylic acids is 2. The second kappa shape index (κ2) is 7.59. The first-order valence-corrected chi connectivity index (χ1v) is 7.10.